The zero-order valence-electron chi connectivity index (χ0n) is 9.56. The molecule has 2 rings (SSSR count). The van der Waals surface area contributed by atoms with Gasteiger partial charge in [-0.05, 0) is 35.9 Å². The van der Waals surface area contributed by atoms with Crippen molar-refractivity contribution in [2.24, 2.45) is 0 Å². The Labute approximate surface area is 119 Å². The van der Waals surface area contributed by atoms with Crippen molar-refractivity contribution in [1.82, 2.24) is 20.3 Å². The van der Waals surface area contributed by atoms with Crippen LogP contribution in [0, 0.1) is 11.5 Å². The maximum Gasteiger partial charge on any atom is 0.231 e. The van der Waals surface area contributed by atoms with E-state index >= 15 is 0 Å². The lowest BCUT2D eigenvalue weighted by atomic mass is 10.3. The molecule has 1 heterocycles. The predicted molar refractivity (Wildman–Crippen MR) is 72.0 cm³/mol. The van der Waals surface area contributed by atoms with E-state index in [4.69, 9.17) is 28.5 Å². The van der Waals surface area contributed by atoms with Crippen LogP contribution in [0.3, 0.4) is 0 Å². The minimum atomic E-state index is 0.0567. The highest BCUT2D eigenvalue weighted by atomic mass is 35.5. The maximum atomic E-state index is 8.43. The lowest BCUT2D eigenvalue weighted by Gasteiger charge is -2.06. The molecular weight excluding hydrogens is 287 g/mol. The topological polar surface area (TPSA) is 86.5 Å². The first-order chi connectivity index (χ1) is 9.17. The third kappa shape index (κ3) is 3.95. The Kier molecular flexibility index (Phi) is 4.34. The number of halogens is 2. The van der Waals surface area contributed by atoms with Gasteiger partial charge in [0.15, 0.2) is 12.0 Å². The van der Waals surface area contributed by atoms with Crippen LogP contribution in [0.4, 0.5) is 11.6 Å². The molecule has 0 aliphatic heterocycles. The quantitative estimate of drug-likeness (QED) is 0.665. The first-order valence-corrected chi connectivity index (χ1v) is 5.98. The molecule has 8 heteroatoms. The van der Waals surface area contributed by atoms with Gasteiger partial charge in [-0.15, -0.1) is 0 Å². The van der Waals surface area contributed by atoms with Crippen LogP contribution in [0.2, 0.25) is 10.3 Å². The van der Waals surface area contributed by atoms with Gasteiger partial charge in [-0.1, -0.05) is 11.6 Å². The summed E-state index contributed by atoms with van der Waals surface area (Å²) in [6.45, 7) is 0.189. The Bertz CT molecular complexity index is 608. The van der Waals surface area contributed by atoms with E-state index < -0.39 is 0 Å². The van der Waals surface area contributed by atoms with Gasteiger partial charge in [0.1, 0.15) is 0 Å². The molecule has 0 spiro atoms. The molecule has 2 aromatic rings. The molecule has 1 aromatic carbocycles. The third-order valence-electron chi connectivity index (χ3n) is 2.08. The lowest BCUT2D eigenvalue weighted by Crippen LogP contribution is -2.11. The van der Waals surface area contributed by atoms with Crippen LogP contribution in [0.5, 0.6) is 0 Å². The number of hydrogen-bond acceptors (Lipinski definition) is 6. The van der Waals surface area contributed by atoms with E-state index in [2.05, 4.69) is 25.6 Å². The van der Waals surface area contributed by atoms with Gasteiger partial charge in [0, 0.05) is 10.7 Å². The van der Waals surface area contributed by atoms with E-state index in [0.717, 1.165) is 5.69 Å². The normalized spacial score (nSPS) is 9.74. The number of rotatable bonds is 4. The summed E-state index contributed by atoms with van der Waals surface area (Å²) in [4.78, 5) is 12.0. The van der Waals surface area contributed by atoms with Crippen LogP contribution in [0.15, 0.2) is 24.3 Å². The van der Waals surface area contributed by atoms with Crippen LogP contribution in [-0.4, -0.2) is 15.0 Å². The summed E-state index contributed by atoms with van der Waals surface area (Å²) in [7, 11) is 0. The van der Waals surface area contributed by atoms with Crippen molar-refractivity contribution in [2.45, 2.75) is 6.54 Å². The molecule has 2 N–H and O–H groups in total. The van der Waals surface area contributed by atoms with Gasteiger partial charge < -0.3 is 10.6 Å². The smallest absolute Gasteiger partial charge is 0.231 e. The monoisotopic (exact) mass is 294 g/mol. The molecule has 0 amide bonds. The van der Waals surface area contributed by atoms with Crippen LogP contribution >= 0.6 is 23.2 Å². The molecule has 0 saturated carbocycles. The van der Waals surface area contributed by atoms with E-state index in [9.17, 15) is 0 Å². The standard InChI is InChI=1S/C11H8Cl2N6/c12-7-1-3-8(4-2-7)16-11-18-9(5-15-6-14)17-10(13)19-11/h1-4,15H,5H2,(H,16,17,18,19). The summed E-state index contributed by atoms with van der Waals surface area (Å²) in [6.07, 6.45) is 1.78. The summed E-state index contributed by atoms with van der Waals surface area (Å²) >= 11 is 11.6. The van der Waals surface area contributed by atoms with Crippen LogP contribution in [-0.2, 0) is 6.54 Å². The molecule has 1 aromatic heterocycles. The highest BCUT2D eigenvalue weighted by molar-refractivity contribution is 6.30. The number of benzene rings is 1. The minimum Gasteiger partial charge on any atom is -0.324 e. The molecule has 0 aliphatic rings. The Morgan fingerprint density at radius 2 is 1.84 bits per heavy atom. The van der Waals surface area contributed by atoms with E-state index in [1.54, 1.807) is 30.5 Å². The fourth-order valence-electron chi connectivity index (χ4n) is 1.31. The zero-order valence-corrected chi connectivity index (χ0v) is 11.1. The molecule has 0 atom stereocenters. The van der Waals surface area contributed by atoms with Gasteiger partial charge in [0.25, 0.3) is 0 Å². The van der Waals surface area contributed by atoms with Gasteiger partial charge in [-0.2, -0.15) is 15.2 Å². The summed E-state index contributed by atoms with van der Waals surface area (Å²) in [5.74, 6) is 0.676. The first kappa shape index (κ1) is 13.3. The lowest BCUT2D eigenvalue weighted by molar-refractivity contribution is 0.793. The second-order valence-electron chi connectivity index (χ2n) is 3.44. The van der Waals surface area contributed by atoms with E-state index in [-0.39, 0.29) is 11.8 Å². The highest BCUT2D eigenvalue weighted by Gasteiger charge is 2.05. The number of anilines is 2. The summed E-state index contributed by atoms with van der Waals surface area (Å²) in [5.41, 5.74) is 0.769. The molecule has 0 unspecified atom stereocenters. The van der Waals surface area contributed by atoms with Crippen molar-refractivity contribution in [3.05, 3.63) is 40.4 Å². The SMILES string of the molecule is N#CNCc1nc(Cl)nc(Nc2ccc(Cl)cc2)n1. The number of aromatic nitrogens is 3. The van der Waals surface area contributed by atoms with Crippen LogP contribution < -0.4 is 10.6 Å². The van der Waals surface area contributed by atoms with E-state index in [1.165, 1.54) is 0 Å². The minimum absolute atomic E-state index is 0.0567. The molecule has 0 bridgehead atoms. The number of nitrogens with one attached hydrogen (secondary N) is 2. The van der Waals surface area contributed by atoms with Crippen LogP contribution in [0.25, 0.3) is 0 Å². The fraction of sp³-hybridized carbons (Fsp3) is 0.0909. The van der Waals surface area contributed by atoms with Crippen molar-refractivity contribution >= 4 is 34.8 Å². The first-order valence-electron chi connectivity index (χ1n) is 5.22. The molecule has 6 nitrogen and oxygen atoms in total. The Hall–Kier alpha value is -2.10. The molecule has 19 heavy (non-hydrogen) atoms. The second kappa shape index (κ2) is 6.18. The Morgan fingerprint density at radius 1 is 1.11 bits per heavy atom. The Balaban J connectivity index is 2.17. The van der Waals surface area contributed by atoms with Crippen molar-refractivity contribution in [1.29, 1.82) is 5.26 Å². The Morgan fingerprint density at radius 3 is 2.53 bits per heavy atom. The average Bonchev–Trinajstić information content (AvgIpc) is 2.38. The van der Waals surface area contributed by atoms with Crippen molar-refractivity contribution < 1.29 is 0 Å². The van der Waals surface area contributed by atoms with E-state index in [1.807, 2.05) is 0 Å². The molecule has 0 fully saturated rings. The largest absolute Gasteiger partial charge is 0.324 e. The number of nitrogens with zero attached hydrogens (tertiary/aromatic N) is 4. The van der Waals surface area contributed by atoms with Gasteiger partial charge in [0.05, 0.1) is 6.54 Å². The summed E-state index contributed by atoms with van der Waals surface area (Å²) < 4.78 is 0. The van der Waals surface area contributed by atoms with Crippen LogP contribution in [0.1, 0.15) is 5.82 Å². The maximum absolute atomic E-state index is 8.43. The van der Waals surface area contributed by atoms with Crippen molar-refractivity contribution in [3.8, 4) is 6.19 Å². The molecule has 96 valence electrons. The molecule has 0 saturated heterocycles. The molecule has 0 aliphatic carbocycles. The van der Waals surface area contributed by atoms with Gasteiger partial charge in [0.2, 0.25) is 11.2 Å². The third-order valence-corrected chi connectivity index (χ3v) is 2.50. The zero-order chi connectivity index (χ0) is 13.7. The molecule has 0 radical (unpaired) electrons. The van der Waals surface area contributed by atoms with Gasteiger partial charge in [-0.3, -0.25) is 0 Å². The van der Waals surface area contributed by atoms with Crippen molar-refractivity contribution in [3.63, 3.8) is 0 Å². The fourth-order valence-corrected chi connectivity index (χ4v) is 1.61. The summed E-state index contributed by atoms with van der Waals surface area (Å²) in [6, 6.07) is 7.05. The summed E-state index contributed by atoms with van der Waals surface area (Å²) in [5, 5.41) is 14.5. The van der Waals surface area contributed by atoms with E-state index in [0.29, 0.717) is 16.8 Å². The second-order valence-corrected chi connectivity index (χ2v) is 4.22. The number of hydrogen-bond donors (Lipinski definition) is 2. The number of nitriles is 1. The van der Waals surface area contributed by atoms with Gasteiger partial charge in [-0.25, -0.2) is 4.98 Å². The highest BCUT2D eigenvalue weighted by Crippen LogP contribution is 2.17. The molecular formula is C11H8Cl2N6. The van der Waals surface area contributed by atoms with Crippen molar-refractivity contribution in [2.75, 3.05) is 5.32 Å². The van der Waals surface area contributed by atoms with Gasteiger partial charge >= 0.3 is 0 Å². The average molecular weight is 295 g/mol. The predicted octanol–water partition coefficient (Wildman–Crippen LogP) is 2.49.